The molecule has 0 spiro atoms. The van der Waals surface area contributed by atoms with Crippen LogP contribution < -0.4 is 10.2 Å². The fourth-order valence-electron chi connectivity index (χ4n) is 2.65. The minimum atomic E-state index is -0.212. The van der Waals surface area contributed by atoms with E-state index < -0.39 is 0 Å². The number of hydrogen-bond acceptors (Lipinski definition) is 3. The zero-order valence-electron chi connectivity index (χ0n) is 12.7. The number of benzene rings is 1. The van der Waals surface area contributed by atoms with Gasteiger partial charge in [0.1, 0.15) is 5.82 Å². The normalized spacial score (nSPS) is 14.5. The van der Waals surface area contributed by atoms with E-state index in [9.17, 15) is 9.59 Å². The Hall–Kier alpha value is -2.63. The van der Waals surface area contributed by atoms with E-state index in [1.165, 1.54) is 0 Å². The van der Waals surface area contributed by atoms with E-state index >= 15 is 0 Å². The third kappa shape index (κ3) is 2.72. The molecule has 1 aliphatic rings. The molecule has 1 saturated heterocycles. The quantitative estimate of drug-likeness (QED) is 0.943. The van der Waals surface area contributed by atoms with Crippen LogP contribution in [0.15, 0.2) is 30.3 Å². The number of aryl methyl sites for hydroxylation is 2. The summed E-state index contributed by atoms with van der Waals surface area (Å²) in [5.41, 5.74) is 2.14. The molecular formula is C16H18N4O2. The molecule has 2 aromatic rings. The first-order valence-corrected chi connectivity index (χ1v) is 7.27. The Labute approximate surface area is 128 Å². The number of anilines is 2. The molecule has 0 aliphatic carbocycles. The largest absolute Gasteiger partial charge is 0.312 e. The molecule has 0 saturated carbocycles. The highest BCUT2D eigenvalue weighted by Gasteiger charge is 2.22. The van der Waals surface area contributed by atoms with Crippen LogP contribution in [-0.2, 0) is 11.8 Å². The van der Waals surface area contributed by atoms with Gasteiger partial charge in [-0.2, -0.15) is 5.10 Å². The Bertz CT molecular complexity index is 735. The number of amides is 2. The van der Waals surface area contributed by atoms with Gasteiger partial charge in [0.25, 0.3) is 5.91 Å². The average molecular weight is 298 g/mol. The van der Waals surface area contributed by atoms with Crippen molar-refractivity contribution in [1.82, 2.24) is 9.78 Å². The molecule has 1 aromatic carbocycles. The molecule has 6 heteroatoms. The Balaban J connectivity index is 1.81. The van der Waals surface area contributed by atoms with Gasteiger partial charge >= 0.3 is 0 Å². The van der Waals surface area contributed by atoms with Crippen LogP contribution in [0.5, 0.6) is 0 Å². The number of carbonyl (C=O) groups excluding carboxylic acids is 2. The second kappa shape index (κ2) is 5.63. The predicted octanol–water partition coefficient (Wildman–Crippen LogP) is 2.11. The summed E-state index contributed by atoms with van der Waals surface area (Å²) in [4.78, 5) is 25.9. The fourth-order valence-corrected chi connectivity index (χ4v) is 2.65. The van der Waals surface area contributed by atoms with E-state index in [4.69, 9.17) is 0 Å². The molecule has 3 rings (SSSR count). The van der Waals surface area contributed by atoms with E-state index in [1.54, 1.807) is 34.8 Å². The smallest absolute Gasteiger partial charge is 0.256 e. The lowest BCUT2D eigenvalue weighted by atomic mass is 10.1. The van der Waals surface area contributed by atoms with Gasteiger partial charge < -0.3 is 10.2 Å². The highest BCUT2D eigenvalue weighted by atomic mass is 16.2. The van der Waals surface area contributed by atoms with Gasteiger partial charge in [0.05, 0.1) is 5.69 Å². The molecule has 22 heavy (non-hydrogen) atoms. The monoisotopic (exact) mass is 298 g/mol. The Morgan fingerprint density at radius 2 is 2.14 bits per heavy atom. The topological polar surface area (TPSA) is 67.2 Å². The van der Waals surface area contributed by atoms with Gasteiger partial charge in [-0.3, -0.25) is 14.3 Å². The van der Waals surface area contributed by atoms with E-state index in [0.29, 0.717) is 24.3 Å². The number of hydrogen-bond donors (Lipinski definition) is 1. The van der Waals surface area contributed by atoms with Crippen LogP contribution in [-0.4, -0.2) is 28.1 Å². The summed E-state index contributed by atoms with van der Waals surface area (Å²) < 4.78 is 1.63. The van der Waals surface area contributed by atoms with Crippen LogP contribution in [0.1, 0.15) is 28.9 Å². The van der Waals surface area contributed by atoms with E-state index in [-0.39, 0.29) is 11.8 Å². The molecule has 2 amide bonds. The molecule has 0 radical (unpaired) electrons. The summed E-state index contributed by atoms with van der Waals surface area (Å²) in [7, 11) is 1.78. The zero-order valence-corrected chi connectivity index (χ0v) is 12.7. The molecule has 6 nitrogen and oxygen atoms in total. The third-order valence-corrected chi connectivity index (χ3v) is 3.74. The predicted molar refractivity (Wildman–Crippen MR) is 83.9 cm³/mol. The lowest BCUT2D eigenvalue weighted by molar-refractivity contribution is -0.117. The number of nitrogens with one attached hydrogen (secondary N) is 1. The SMILES string of the molecule is Cc1cc(NC(=O)c2cccc(N3CCCC3=O)c2)n(C)n1. The Morgan fingerprint density at radius 1 is 1.32 bits per heavy atom. The molecule has 2 heterocycles. The number of carbonyl (C=O) groups is 2. The molecule has 0 unspecified atom stereocenters. The summed E-state index contributed by atoms with van der Waals surface area (Å²) >= 11 is 0. The van der Waals surface area contributed by atoms with Crippen molar-refractivity contribution in [2.45, 2.75) is 19.8 Å². The summed E-state index contributed by atoms with van der Waals surface area (Å²) in [6.45, 7) is 2.58. The molecule has 0 atom stereocenters. The van der Waals surface area contributed by atoms with Gasteiger partial charge in [0.2, 0.25) is 5.91 Å². The maximum absolute atomic E-state index is 12.4. The lowest BCUT2D eigenvalue weighted by Crippen LogP contribution is -2.24. The van der Waals surface area contributed by atoms with Crippen molar-refractivity contribution in [2.24, 2.45) is 7.05 Å². The van der Waals surface area contributed by atoms with Crippen LogP contribution in [0.25, 0.3) is 0 Å². The standard InChI is InChI=1S/C16H18N4O2/c1-11-9-14(19(2)18-11)17-16(22)12-5-3-6-13(10-12)20-8-4-7-15(20)21/h3,5-6,9-10H,4,7-8H2,1-2H3,(H,17,22). The summed E-state index contributed by atoms with van der Waals surface area (Å²) in [6, 6.07) is 8.95. The van der Waals surface area contributed by atoms with Gasteiger partial charge in [0.15, 0.2) is 0 Å². The average Bonchev–Trinajstić information content (AvgIpc) is 3.05. The van der Waals surface area contributed by atoms with Crippen molar-refractivity contribution in [3.63, 3.8) is 0 Å². The number of aromatic nitrogens is 2. The first-order valence-electron chi connectivity index (χ1n) is 7.27. The molecule has 1 N–H and O–H groups in total. The first kappa shape index (κ1) is 14.3. The second-order valence-electron chi connectivity index (χ2n) is 5.45. The molecule has 1 aromatic heterocycles. The van der Waals surface area contributed by atoms with Crippen LogP contribution in [0.3, 0.4) is 0 Å². The van der Waals surface area contributed by atoms with E-state index in [2.05, 4.69) is 10.4 Å². The van der Waals surface area contributed by atoms with Crippen molar-refractivity contribution in [1.29, 1.82) is 0 Å². The van der Waals surface area contributed by atoms with Crippen LogP contribution >= 0.6 is 0 Å². The number of rotatable bonds is 3. The van der Waals surface area contributed by atoms with Crippen molar-refractivity contribution in [3.8, 4) is 0 Å². The summed E-state index contributed by atoms with van der Waals surface area (Å²) in [6.07, 6.45) is 1.44. The van der Waals surface area contributed by atoms with Gasteiger partial charge in [-0.25, -0.2) is 0 Å². The molecule has 0 bridgehead atoms. The van der Waals surface area contributed by atoms with Gasteiger partial charge in [0, 0.05) is 37.3 Å². The van der Waals surface area contributed by atoms with Crippen LogP contribution in [0.2, 0.25) is 0 Å². The highest BCUT2D eigenvalue weighted by Crippen LogP contribution is 2.22. The van der Waals surface area contributed by atoms with Crippen LogP contribution in [0.4, 0.5) is 11.5 Å². The first-order chi connectivity index (χ1) is 10.5. The highest BCUT2D eigenvalue weighted by molar-refractivity contribution is 6.05. The van der Waals surface area contributed by atoms with Crippen molar-refractivity contribution < 1.29 is 9.59 Å². The van der Waals surface area contributed by atoms with Crippen molar-refractivity contribution in [2.75, 3.05) is 16.8 Å². The summed E-state index contributed by atoms with van der Waals surface area (Å²) in [5.74, 6) is 0.543. The van der Waals surface area contributed by atoms with Crippen molar-refractivity contribution in [3.05, 3.63) is 41.6 Å². The minimum Gasteiger partial charge on any atom is -0.312 e. The minimum absolute atomic E-state index is 0.111. The maximum Gasteiger partial charge on any atom is 0.256 e. The molecular weight excluding hydrogens is 280 g/mol. The van der Waals surface area contributed by atoms with Crippen LogP contribution in [0, 0.1) is 6.92 Å². The van der Waals surface area contributed by atoms with Gasteiger partial charge in [-0.05, 0) is 31.5 Å². The summed E-state index contributed by atoms with van der Waals surface area (Å²) in [5, 5.41) is 7.03. The van der Waals surface area contributed by atoms with E-state index in [0.717, 1.165) is 17.8 Å². The molecule has 114 valence electrons. The van der Waals surface area contributed by atoms with Gasteiger partial charge in [-0.1, -0.05) is 6.07 Å². The Kier molecular flexibility index (Phi) is 3.66. The zero-order chi connectivity index (χ0) is 15.7. The maximum atomic E-state index is 12.4. The number of nitrogens with zero attached hydrogens (tertiary/aromatic N) is 3. The van der Waals surface area contributed by atoms with Gasteiger partial charge in [-0.15, -0.1) is 0 Å². The fraction of sp³-hybridized carbons (Fsp3) is 0.312. The molecule has 1 fully saturated rings. The second-order valence-corrected chi connectivity index (χ2v) is 5.45. The van der Waals surface area contributed by atoms with E-state index in [1.807, 2.05) is 19.1 Å². The van der Waals surface area contributed by atoms with Crippen molar-refractivity contribution >= 4 is 23.3 Å². The lowest BCUT2D eigenvalue weighted by Gasteiger charge is -2.16. The molecule has 1 aliphatic heterocycles. The third-order valence-electron chi connectivity index (χ3n) is 3.74. The Morgan fingerprint density at radius 3 is 2.77 bits per heavy atom.